The highest BCUT2D eigenvalue weighted by Gasteiger charge is 2.34. The molecule has 1 fully saturated rings. The Kier molecular flexibility index (Phi) is 3.87. The van der Waals surface area contributed by atoms with E-state index < -0.39 is 6.17 Å². The van der Waals surface area contributed by atoms with Crippen molar-refractivity contribution in [1.29, 1.82) is 0 Å². The number of carbonyl (C=O) groups excluding carboxylic acids is 1. The molecule has 0 unspecified atom stereocenters. The topological polar surface area (TPSA) is 49.3 Å². The average Bonchev–Trinajstić information content (AvgIpc) is 2.97. The fourth-order valence-electron chi connectivity index (χ4n) is 3.27. The van der Waals surface area contributed by atoms with E-state index in [1.54, 1.807) is 17.0 Å². The molecule has 1 saturated heterocycles. The third-order valence-electron chi connectivity index (χ3n) is 4.71. The van der Waals surface area contributed by atoms with Crippen molar-refractivity contribution in [3.8, 4) is 0 Å². The molecule has 5 nitrogen and oxygen atoms in total. The fraction of sp³-hybridized carbons (Fsp3) is 0.389. The van der Waals surface area contributed by atoms with Crippen LogP contribution in [0.5, 0.6) is 0 Å². The van der Waals surface area contributed by atoms with Crippen molar-refractivity contribution in [3.05, 3.63) is 51.4 Å². The number of anilines is 1. The second kappa shape index (κ2) is 5.95. The van der Waals surface area contributed by atoms with E-state index in [1.165, 1.54) is 0 Å². The van der Waals surface area contributed by atoms with E-state index in [2.05, 4.69) is 9.97 Å². The summed E-state index contributed by atoms with van der Waals surface area (Å²) < 4.78 is 13.2. The molecule has 0 N–H and O–H groups in total. The van der Waals surface area contributed by atoms with Crippen molar-refractivity contribution in [2.24, 2.45) is 0 Å². The van der Waals surface area contributed by atoms with Gasteiger partial charge in [-0.2, -0.15) is 0 Å². The first-order chi connectivity index (χ1) is 11.9. The molecular weight excluding hydrogens is 343 g/mol. The molecule has 2 aliphatic rings. The van der Waals surface area contributed by atoms with Gasteiger partial charge in [-0.1, -0.05) is 17.7 Å². The molecule has 25 heavy (non-hydrogen) atoms. The van der Waals surface area contributed by atoms with Crippen molar-refractivity contribution >= 4 is 23.3 Å². The highest BCUT2D eigenvalue weighted by molar-refractivity contribution is 6.31. The predicted molar refractivity (Wildman–Crippen MR) is 93.6 cm³/mol. The van der Waals surface area contributed by atoms with Gasteiger partial charge < -0.3 is 9.80 Å². The van der Waals surface area contributed by atoms with Crippen molar-refractivity contribution < 1.29 is 9.18 Å². The maximum absolute atomic E-state index is 13.2. The zero-order valence-corrected chi connectivity index (χ0v) is 14.8. The molecule has 0 bridgehead atoms. The smallest absolute Gasteiger partial charge is 0.254 e. The van der Waals surface area contributed by atoms with Crippen molar-refractivity contribution in [2.45, 2.75) is 33.1 Å². The lowest BCUT2D eigenvalue weighted by molar-refractivity contribution is 0.0750. The lowest BCUT2D eigenvalue weighted by Gasteiger charge is -2.36. The van der Waals surface area contributed by atoms with Crippen LogP contribution in [0.4, 0.5) is 10.2 Å². The van der Waals surface area contributed by atoms with Gasteiger partial charge in [0.25, 0.3) is 5.91 Å². The zero-order chi connectivity index (χ0) is 17.7. The molecule has 1 aromatic heterocycles. The fourth-order valence-corrected chi connectivity index (χ4v) is 3.45. The lowest BCUT2D eigenvalue weighted by Crippen LogP contribution is -2.49. The molecule has 0 radical (unpaired) electrons. The molecular formula is C18H18ClFN4O. The zero-order valence-electron chi connectivity index (χ0n) is 14.1. The van der Waals surface area contributed by atoms with Crippen molar-refractivity contribution in [2.75, 3.05) is 18.0 Å². The van der Waals surface area contributed by atoms with E-state index in [1.807, 2.05) is 24.8 Å². The van der Waals surface area contributed by atoms with Gasteiger partial charge in [0.1, 0.15) is 17.8 Å². The van der Waals surface area contributed by atoms with Crippen LogP contribution in [-0.2, 0) is 13.1 Å². The van der Waals surface area contributed by atoms with E-state index >= 15 is 0 Å². The minimum Gasteiger partial charge on any atom is -0.350 e. The molecule has 0 saturated carbocycles. The summed E-state index contributed by atoms with van der Waals surface area (Å²) in [7, 11) is 0. The van der Waals surface area contributed by atoms with Crippen LogP contribution in [0.2, 0.25) is 5.02 Å². The molecule has 1 aromatic carbocycles. The number of carbonyl (C=O) groups is 1. The van der Waals surface area contributed by atoms with Gasteiger partial charge >= 0.3 is 0 Å². The Balaban J connectivity index is 1.61. The van der Waals surface area contributed by atoms with Crippen LogP contribution in [0.15, 0.2) is 18.2 Å². The number of hydrogen-bond acceptors (Lipinski definition) is 4. The maximum Gasteiger partial charge on any atom is 0.254 e. The first kappa shape index (κ1) is 16.3. The van der Waals surface area contributed by atoms with Crippen LogP contribution >= 0.6 is 11.6 Å². The highest BCUT2D eigenvalue weighted by Crippen LogP contribution is 2.33. The maximum atomic E-state index is 13.2. The summed E-state index contributed by atoms with van der Waals surface area (Å²) in [5, 5.41) is 0.577. The minimum absolute atomic E-state index is 0.0875. The number of aryl methyl sites for hydroxylation is 2. The Morgan fingerprint density at radius 3 is 2.68 bits per heavy atom. The van der Waals surface area contributed by atoms with E-state index in [4.69, 9.17) is 11.6 Å². The van der Waals surface area contributed by atoms with Crippen molar-refractivity contribution in [1.82, 2.24) is 14.9 Å². The third-order valence-corrected chi connectivity index (χ3v) is 5.12. The van der Waals surface area contributed by atoms with Gasteiger partial charge in [0.2, 0.25) is 0 Å². The monoisotopic (exact) mass is 360 g/mol. The molecule has 2 aromatic rings. The number of halogens is 2. The van der Waals surface area contributed by atoms with Gasteiger partial charge in [-0.15, -0.1) is 0 Å². The SMILES string of the molecule is Cc1nc2c(c(N3CC(F)C3)n1)CN(C(=O)c1ccc(C)c(Cl)c1)C2. The first-order valence-electron chi connectivity index (χ1n) is 8.23. The molecule has 130 valence electrons. The number of fused-ring (bicyclic) bond motifs is 1. The standard InChI is InChI=1S/C18H18ClFN4O/c1-10-3-4-12(5-15(10)19)18(25)24-8-14-16(9-24)21-11(2)22-17(14)23-6-13(20)7-23/h3-5,13H,6-9H2,1-2H3. The quantitative estimate of drug-likeness (QED) is 0.826. The lowest BCUT2D eigenvalue weighted by atomic mass is 10.1. The number of amides is 1. The number of nitrogens with zero attached hydrogens (tertiary/aromatic N) is 4. The van der Waals surface area contributed by atoms with E-state index in [9.17, 15) is 9.18 Å². The molecule has 0 aliphatic carbocycles. The Hall–Kier alpha value is -2.21. The number of aromatic nitrogens is 2. The van der Waals surface area contributed by atoms with Crippen LogP contribution in [0, 0.1) is 13.8 Å². The number of rotatable bonds is 2. The molecule has 7 heteroatoms. The van der Waals surface area contributed by atoms with Crippen LogP contribution in [0.3, 0.4) is 0 Å². The third kappa shape index (κ3) is 2.84. The van der Waals surface area contributed by atoms with E-state index in [0.717, 1.165) is 22.6 Å². The summed E-state index contributed by atoms with van der Waals surface area (Å²) in [4.78, 5) is 25.4. The van der Waals surface area contributed by atoms with Crippen LogP contribution in [0.1, 0.15) is 33.0 Å². The van der Waals surface area contributed by atoms with Gasteiger partial charge in [0.05, 0.1) is 31.9 Å². The molecule has 3 heterocycles. The highest BCUT2D eigenvalue weighted by atomic mass is 35.5. The number of benzene rings is 1. The average molecular weight is 361 g/mol. The molecule has 2 aliphatic heterocycles. The van der Waals surface area contributed by atoms with E-state index in [0.29, 0.717) is 42.6 Å². The van der Waals surface area contributed by atoms with Crippen LogP contribution in [-0.4, -0.2) is 40.0 Å². The summed E-state index contributed by atoms with van der Waals surface area (Å²) in [5.41, 5.74) is 3.26. The Morgan fingerprint density at radius 2 is 2.00 bits per heavy atom. The van der Waals surface area contributed by atoms with Crippen LogP contribution in [0.25, 0.3) is 0 Å². The van der Waals surface area contributed by atoms with Gasteiger partial charge in [-0.3, -0.25) is 4.79 Å². The Bertz CT molecular complexity index is 866. The van der Waals surface area contributed by atoms with Crippen molar-refractivity contribution in [3.63, 3.8) is 0 Å². The summed E-state index contributed by atoms with van der Waals surface area (Å²) in [6, 6.07) is 5.33. The second-order valence-electron chi connectivity index (χ2n) is 6.65. The Labute approximate surface area is 150 Å². The first-order valence-corrected chi connectivity index (χ1v) is 8.61. The largest absolute Gasteiger partial charge is 0.350 e. The normalized spacial score (nSPS) is 16.8. The Morgan fingerprint density at radius 1 is 1.24 bits per heavy atom. The molecule has 0 atom stereocenters. The second-order valence-corrected chi connectivity index (χ2v) is 7.05. The molecule has 0 spiro atoms. The number of alkyl halides is 1. The van der Waals surface area contributed by atoms with E-state index in [-0.39, 0.29) is 5.91 Å². The minimum atomic E-state index is -0.806. The van der Waals surface area contributed by atoms with Gasteiger partial charge in [-0.05, 0) is 31.5 Å². The summed E-state index contributed by atoms with van der Waals surface area (Å²) in [6.45, 7) is 5.29. The van der Waals surface area contributed by atoms with Gasteiger partial charge in [0, 0.05) is 16.1 Å². The predicted octanol–water partition coefficient (Wildman–Crippen LogP) is 3.06. The van der Waals surface area contributed by atoms with Gasteiger partial charge in [0.15, 0.2) is 0 Å². The van der Waals surface area contributed by atoms with Gasteiger partial charge in [-0.25, -0.2) is 14.4 Å². The molecule has 1 amide bonds. The van der Waals surface area contributed by atoms with Crippen LogP contribution < -0.4 is 4.90 Å². The summed E-state index contributed by atoms with van der Waals surface area (Å²) >= 11 is 6.15. The summed E-state index contributed by atoms with van der Waals surface area (Å²) in [5.74, 6) is 1.31. The molecule has 4 rings (SSSR count). The summed E-state index contributed by atoms with van der Waals surface area (Å²) in [6.07, 6.45) is -0.806. The number of hydrogen-bond donors (Lipinski definition) is 0.